The van der Waals surface area contributed by atoms with Crippen LogP contribution < -0.4 is 15.8 Å². The maximum Gasteiger partial charge on any atom is 0.193 e. The summed E-state index contributed by atoms with van der Waals surface area (Å²) < 4.78 is 5.22. The lowest BCUT2D eigenvalue weighted by Gasteiger charge is -2.20. The summed E-state index contributed by atoms with van der Waals surface area (Å²) in [6.45, 7) is 4.01. The number of methoxy groups -OCH3 is 1. The van der Waals surface area contributed by atoms with Gasteiger partial charge in [-0.05, 0) is 49.2 Å². The first-order valence-electron chi connectivity index (χ1n) is 9.74. The Labute approximate surface area is 162 Å². The van der Waals surface area contributed by atoms with E-state index < -0.39 is 0 Å². The van der Waals surface area contributed by atoms with Gasteiger partial charge in [-0.3, -0.25) is 4.90 Å². The molecule has 0 amide bonds. The van der Waals surface area contributed by atoms with Crippen LogP contribution >= 0.6 is 0 Å². The van der Waals surface area contributed by atoms with E-state index in [1.807, 2.05) is 24.3 Å². The van der Waals surface area contributed by atoms with Crippen LogP contribution in [0.15, 0.2) is 53.5 Å². The van der Waals surface area contributed by atoms with Crippen LogP contribution in [0, 0.1) is 0 Å². The van der Waals surface area contributed by atoms with E-state index in [-0.39, 0.29) is 0 Å². The molecule has 2 aromatic rings. The van der Waals surface area contributed by atoms with Gasteiger partial charge < -0.3 is 15.8 Å². The van der Waals surface area contributed by atoms with Crippen molar-refractivity contribution in [3.05, 3.63) is 59.7 Å². The van der Waals surface area contributed by atoms with Gasteiger partial charge in [0.25, 0.3) is 0 Å². The summed E-state index contributed by atoms with van der Waals surface area (Å²) in [4.78, 5) is 7.04. The maximum atomic E-state index is 6.04. The number of anilines is 1. The minimum atomic E-state index is 0.404. The Kier molecular flexibility index (Phi) is 7.11. The first-order valence-corrected chi connectivity index (χ1v) is 9.74. The summed E-state index contributed by atoms with van der Waals surface area (Å²) in [5, 5.41) is 3.11. The van der Waals surface area contributed by atoms with Crippen molar-refractivity contribution in [3.8, 4) is 5.75 Å². The first kappa shape index (κ1) is 19.2. The molecule has 1 aliphatic rings. The van der Waals surface area contributed by atoms with Gasteiger partial charge in [-0.15, -0.1) is 0 Å². The minimum absolute atomic E-state index is 0.404. The fraction of sp³-hybridized carbons (Fsp3) is 0.409. The molecule has 3 N–H and O–H groups in total. The molecule has 1 heterocycles. The van der Waals surface area contributed by atoms with Crippen molar-refractivity contribution in [2.24, 2.45) is 10.7 Å². The van der Waals surface area contributed by atoms with Crippen molar-refractivity contribution in [2.45, 2.75) is 38.8 Å². The smallest absolute Gasteiger partial charge is 0.193 e. The fourth-order valence-electron chi connectivity index (χ4n) is 3.44. The number of hydrogen-bond acceptors (Lipinski definition) is 3. The van der Waals surface area contributed by atoms with E-state index in [1.165, 1.54) is 49.9 Å². The van der Waals surface area contributed by atoms with Crippen LogP contribution in [-0.2, 0) is 13.1 Å². The maximum absolute atomic E-state index is 6.04. The van der Waals surface area contributed by atoms with Crippen LogP contribution in [0.1, 0.15) is 36.8 Å². The molecule has 0 bridgehead atoms. The average molecular weight is 367 g/mol. The SMILES string of the molecule is COc1cccc(NC(N)=NCc2cccc(CN3CCCCCC3)c2)c1. The second kappa shape index (κ2) is 9.97. The van der Waals surface area contributed by atoms with Crippen LogP contribution in [0.25, 0.3) is 0 Å². The van der Waals surface area contributed by atoms with E-state index in [1.54, 1.807) is 7.11 Å². The predicted octanol–water partition coefficient (Wildman–Crippen LogP) is 4.00. The second-order valence-corrected chi connectivity index (χ2v) is 7.07. The number of rotatable bonds is 6. The molecule has 5 nitrogen and oxygen atoms in total. The molecular weight excluding hydrogens is 336 g/mol. The van der Waals surface area contributed by atoms with Gasteiger partial charge in [-0.1, -0.05) is 43.2 Å². The first-order chi connectivity index (χ1) is 13.2. The molecule has 1 aliphatic heterocycles. The van der Waals surface area contributed by atoms with Crippen LogP contribution in [0.2, 0.25) is 0 Å². The van der Waals surface area contributed by atoms with E-state index in [2.05, 4.69) is 39.5 Å². The molecule has 2 aromatic carbocycles. The number of hydrogen-bond donors (Lipinski definition) is 2. The molecule has 3 rings (SSSR count). The number of nitrogens with two attached hydrogens (primary N) is 1. The number of nitrogens with zero attached hydrogens (tertiary/aromatic N) is 2. The van der Waals surface area contributed by atoms with Gasteiger partial charge >= 0.3 is 0 Å². The molecule has 0 unspecified atom stereocenters. The minimum Gasteiger partial charge on any atom is -0.497 e. The van der Waals surface area contributed by atoms with Crippen molar-refractivity contribution in [1.29, 1.82) is 0 Å². The highest BCUT2D eigenvalue weighted by Gasteiger charge is 2.09. The lowest BCUT2D eigenvalue weighted by molar-refractivity contribution is 0.277. The van der Waals surface area contributed by atoms with Crippen LogP contribution in [-0.4, -0.2) is 31.1 Å². The Morgan fingerprint density at radius 3 is 2.56 bits per heavy atom. The monoisotopic (exact) mass is 366 g/mol. The quantitative estimate of drug-likeness (QED) is 0.599. The standard InChI is InChI=1S/C22H30N4O/c1-27-21-11-7-10-20(15-21)25-22(23)24-16-18-8-6-9-19(14-18)17-26-12-4-2-3-5-13-26/h6-11,14-15H,2-5,12-13,16-17H2,1H3,(H3,23,24,25). The average Bonchev–Trinajstić information content (AvgIpc) is 2.95. The molecule has 27 heavy (non-hydrogen) atoms. The highest BCUT2D eigenvalue weighted by Crippen LogP contribution is 2.17. The van der Waals surface area contributed by atoms with Crippen LogP contribution in [0.5, 0.6) is 5.75 Å². The Morgan fingerprint density at radius 2 is 1.78 bits per heavy atom. The van der Waals surface area contributed by atoms with E-state index >= 15 is 0 Å². The lowest BCUT2D eigenvalue weighted by atomic mass is 10.1. The van der Waals surface area contributed by atoms with Crippen LogP contribution in [0.4, 0.5) is 5.69 Å². The van der Waals surface area contributed by atoms with Crippen molar-refractivity contribution in [2.75, 3.05) is 25.5 Å². The largest absolute Gasteiger partial charge is 0.497 e. The summed E-state index contributed by atoms with van der Waals surface area (Å²) in [5.41, 5.74) is 9.44. The van der Waals surface area contributed by atoms with Crippen molar-refractivity contribution >= 4 is 11.6 Å². The van der Waals surface area contributed by atoms with E-state index in [0.717, 1.165) is 18.0 Å². The topological polar surface area (TPSA) is 62.9 Å². The van der Waals surface area contributed by atoms with Gasteiger partial charge in [0, 0.05) is 18.3 Å². The summed E-state index contributed by atoms with van der Waals surface area (Å²) in [7, 11) is 1.65. The van der Waals surface area contributed by atoms with E-state index in [0.29, 0.717) is 12.5 Å². The summed E-state index contributed by atoms with van der Waals surface area (Å²) in [6.07, 6.45) is 5.36. The zero-order chi connectivity index (χ0) is 18.9. The van der Waals surface area contributed by atoms with Gasteiger partial charge in [0.15, 0.2) is 5.96 Å². The van der Waals surface area contributed by atoms with Crippen LogP contribution in [0.3, 0.4) is 0 Å². The molecular formula is C22H30N4O. The number of benzene rings is 2. The molecule has 0 aliphatic carbocycles. The Bertz CT molecular complexity index is 751. The van der Waals surface area contributed by atoms with E-state index in [4.69, 9.17) is 10.5 Å². The molecule has 0 saturated carbocycles. The third-order valence-electron chi connectivity index (χ3n) is 4.87. The molecule has 0 atom stereocenters. The molecule has 1 fully saturated rings. The molecule has 5 heteroatoms. The third kappa shape index (κ3) is 6.29. The number of nitrogens with one attached hydrogen (secondary N) is 1. The third-order valence-corrected chi connectivity index (χ3v) is 4.87. The number of likely N-dealkylation sites (tertiary alicyclic amines) is 1. The van der Waals surface area contributed by atoms with E-state index in [9.17, 15) is 0 Å². The normalized spacial score (nSPS) is 16.0. The van der Waals surface area contributed by atoms with Gasteiger partial charge in [-0.25, -0.2) is 4.99 Å². The molecule has 0 radical (unpaired) electrons. The van der Waals surface area contributed by atoms with Gasteiger partial charge in [0.2, 0.25) is 0 Å². The lowest BCUT2D eigenvalue weighted by Crippen LogP contribution is -2.24. The van der Waals surface area contributed by atoms with Gasteiger partial charge in [0.05, 0.1) is 13.7 Å². The highest BCUT2D eigenvalue weighted by atomic mass is 16.5. The summed E-state index contributed by atoms with van der Waals surface area (Å²) >= 11 is 0. The van der Waals surface area contributed by atoms with Gasteiger partial charge in [-0.2, -0.15) is 0 Å². The number of guanidine groups is 1. The molecule has 0 aromatic heterocycles. The Hall–Kier alpha value is -2.53. The molecule has 144 valence electrons. The molecule has 0 spiro atoms. The van der Waals surface area contributed by atoms with Crippen molar-refractivity contribution in [1.82, 2.24) is 4.90 Å². The number of ether oxygens (including phenoxy) is 1. The fourth-order valence-corrected chi connectivity index (χ4v) is 3.44. The summed E-state index contributed by atoms with van der Waals surface area (Å²) in [6, 6.07) is 16.3. The summed E-state index contributed by atoms with van der Waals surface area (Å²) in [5.74, 6) is 1.19. The number of aliphatic imine (C=N–C) groups is 1. The zero-order valence-electron chi connectivity index (χ0n) is 16.2. The molecule has 1 saturated heterocycles. The Morgan fingerprint density at radius 1 is 1.04 bits per heavy atom. The highest BCUT2D eigenvalue weighted by molar-refractivity contribution is 5.92. The zero-order valence-corrected chi connectivity index (χ0v) is 16.2. The second-order valence-electron chi connectivity index (χ2n) is 7.07. The van der Waals surface area contributed by atoms with Crippen molar-refractivity contribution in [3.63, 3.8) is 0 Å². The van der Waals surface area contributed by atoms with Crippen molar-refractivity contribution < 1.29 is 4.74 Å². The predicted molar refractivity (Wildman–Crippen MR) is 112 cm³/mol. The Balaban J connectivity index is 1.57. The van der Waals surface area contributed by atoms with Gasteiger partial charge in [0.1, 0.15) is 5.75 Å².